The van der Waals surface area contributed by atoms with Crippen molar-refractivity contribution in [1.29, 1.82) is 0 Å². The van der Waals surface area contributed by atoms with Crippen LogP contribution in [0.4, 0.5) is 4.39 Å². The molecule has 0 spiro atoms. The van der Waals surface area contributed by atoms with E-state index >= 15 is 0 Å². The fraction of sp³-hybridized carbons (Fsp3) is 0.333. The van der Waals surface area contributed by atoms with E-state index in [1.807, 2.05) is 43.9 Å². The molecule has 2 amide bonds. The maximum absolute atomic E-state index is 13.5. The minimum Gasteiger partial charge on any atom is -0.481 e. The van der Waals surface area contributed by atoms with Gasteiger partial charge in [0.25, 0.3) is 5.91 Å². The van der Waals surface area contributed by atoms with Crippen LogP contribution in [-0.2, 0) is 22.6 Å². The number of carbonyl (C=O) groups is 2. The summed E-state index contributed by atoms with van der Waals surface area (Å²) < 4.78 is 19.6. The van der Waals surface area contributed by atoms with Crippen molar-refractivity contribution in [3.8, 4) is 5.75 Å². The number of rotatable bonds is 8. The lowest BCUT2D eigenvalue weighted by Crippen LogP contribution is -2.40. The van der Waals surface area contributed by atoms with Crippen LogP contribution in [0.15, 0.2) is 66.7 Å². The van der Waals surface area contributed by atoms with Gasteiger partial charge < -0.3 is 15.0 Å². The summed E-state index contributed by atoms with van der Waals surface area (Å²) in [6.07, 6.45) is 1.01. The molecule has 0 aliphatic carbocycles. The van der Waals surface area contributed by atoms with Crippen molar-refractivity contribution >= 4 is 11.8 Å². The summed E-state index contributed by atoms with van der Waals surface area (Å²) >= 11 is 0. The fourth-order valence-electron chi connectivity index (χ4n) is 4.68. The number of hydrogen-bond acceptors (Lipinski definition) is 3. The Kier molecular flexibility index (Phi) is 8.04. The van der Waals surface area contributed by atoms with Gasteiger partial charge >= 0.3 is 0 Å². The summed E-state index contributed by atoms with van der Waals surface area (Å²) in [6.45, 7) is 6.71. The first kappa shape index (κ1) is 25.4. The van der Waals surface area contributed by atoms with E-state index in [9.17, 15) is 14.0 Å². The van der Waals surface area contributed by atoms with Crippen molar-refractivity contribution in [3.05, 3.63) is 100 Å². The zero-order valence-corrected chi connectivity index (χ0v) is 21.1. The Hall–Kier alpha value is -3.67. The van der Waals surface area contributed by atoms with E-state index < -0.39 is 6.10 Å². The molecule has 4 rings (SSSR count). The molecule has 1 aliphatic heterocycles. The number of fused-ring (bicyclic) bond motifs is 1. The zero-order valence-electron chi connectivity index (χ0n) is 21.1. The molecule has 0 saturated carbocycles. The van der Waals surface area contributed by atoms with E-state index in [0.717, 1.165) is 23.1 Å². The number of nitrogens with zero attached hydrogens (tertiary/aromatic N) is 1. The molecule has 0 aromatic heterocycles. The first-order chi connectivity index (χ1) is 17.4. The molecule has 0 unspecified atom stereocenters. The Balaban J connectivity index is 1.56. The van der Waals surface area contributed by atoms with Gasteiger partial charge in [-0.15, -0.1) is 0 Å². The van der Waals surface area contributed by atoms with Gasteiger partial charge in [-0.05, 0) is 66.3 Å². The van der Waals surface area contributed by atoms with Crippen LogP contribution in [0.25, 0.3) is 0 Å². The standard InChI is InChI=1S/C30H33FN2O3/c1-4-27(30(35)32-19-21-7-6-8-24(31)17-21)36-25-14-13-22-15-16-33(28(34)5-2)29(26(22)18-25)23-11-9-20(3)10-12-23/h6-14,17-18,27,29H,4-5,15-16,19H2,1-3H3,(H,32,35)/t27-,29+/m1/s1. The van der Waals surface area contributed by atoms with Crippen LogP contribution in [0, 0.1) is 12.7 Å². The Morgan fingerprint density at radius 2 is 1.86 bits per heavy atom. The van der Waals surface area contributed by atoms with Crippen molar-refractivity contribution in [1.82, 2.24) is 10.2 Å². The quantitative estimate of drug-likeness (QED) is 0.456. The molecular weight excluding hydrogens is 455 g/mol. The summed E-state index contributed by atoms with van der Waals surface area (Å²) in [5.74, 6) is 0.111. The Morgan fingerprint density at radius 3 is 2.56 bits per heavy atom. The van der Waals surface area contributed by atoms with Crippen molar-refractivity contribution in [3.63, 3.8) is 0 Å². The van der Waals surface area contributed by atoms with E-state index in [-0.39, 0.29) is 30.2 Å². The Labute approximate surface area is 212 Å². The largest absolute Gasteiger partial charge is 0.481 e. The SMILES string of the molecule is CCC(=O)N1CCc2ccc(O[C@H](CC)C(=O)NCc3cccc(F)c3)cc2[C@@H]1c1ccc(C)cc1. The van der Waals surface area contributed by atoms with Crippen molar-refractivity contribution in [2.45, 2.75) is 58.7 Å². The summed E-state index contributed by atoms with van der Waals surface area (Å²) in [5.41, 5.74) is 5.11. The highest BCUT2D eigenvalue weighted by atomic mass is 19.1. The maximum atomic E-state index is 13.5. The molecule has 2 atom stereocenters. The van der Waals surface area contributed by atoms with E-state index in [2.05, 4.69) is 29.6 Å². The topological polar surface area (TPSA) is 58.6 Å². The average molecular weight is 489 g/mol. The number of nitrogens with one attached hydrogen (secondary N) is 1. The van der Waals surface area contributed by atoms with Gasteiger partial charge in [0.15, 0.2) is 6.10 Å². The molecule has 0 fully saturated rings. The van der Waals surface area contributed by atoms with E-state index in [4.69, 9.17) is 4.74 Å². The minimum atomic E-state index is -0.689. The highest BCUT2D eigenvalue weighted by Crippen LogP contribution is 2.37. The van der Waals surface area contributed by atoms with E-state index in [1.165, 1.54) is 17.7 Å². The van der Waals surface area contributed by atoms with Crippen LogP contribution in [0.1, 0.15) is 60.5 Å². The third kappa shape index (κ3) is 5.76. The van der Waals surface area contributed by atoms with Gasteiger partial charge in [-0.1, -0.05) is 61.9 Å². The smallest absolute Gasteiger partial charge is 0.261 e. The van der Waals surface area contributed by atoms with Crippen LogP contribution < -0.4 is 10.1 Å². The molecule has 6 heteroatoms. The van der Waals surface area contributed by atoms with Crippen molar-refractivity contribution in [2.75, 3.05) is 6.54 Å². The van der Waals surface area contributed by atoms with Gasteiger partial charge in [0, 0.05) is 19.5 Å². The van der Waals surface area contributed by atoms with Crippen LogP contribution in [-0.4, -0.2) is 29.4 Å². The summed E-state index contributed by atoms with van der Waals surface area (Å²) in [7, 11) is 0. The second-order valence-corrected chi connectivity index (χ2v) is 9.23. The predicted octanol–water partition coefficient (Wildman–Crippen LogP) is 5.49. The van der Waals surface area contributed by atoms with Crippen LogP contribution in [0.3, 0.4) is 0 Å². The monoisotopic (exact) mass is 488 g/mol. The molecular formula is C30H33FN2O3. The van der Waals surface area contributed by atoms with Crippen LogP contribution in [0.5, 0.6) is 5.75 Å². The number of ether oxygens (including phenoxy) is 1. The molecule has 1 heterocycles. The Morgan fingerprint density at radius 1 is 1.08 bits per heavy atom. The first-order valence-electron chi connectivity index (χ1n) is 12.6. The maximum Gasteiger partial charge on any atom is 0.261 e. The van der Waals surface area contributed by atoms with Crippen molar-refractivity contribution in [2.24, 2.45) is 0 Å². The van der Waals surface area contributed by atoms with Gasteiger partial charge in [0.2, 0.25) is 5.91 Å². The molecule has 3 aromatic rings. The molecule has 0 radical (unpaired) electrons. The summed E-state index contributed by atoms with van der Waals surface area (Å²) in [4.78, 5) is 27.6. The van der Waals surface area contributed by atoms with E-state index in [0.29, 0.717) is 30.7 Å². The first-order valence-corrected chi connectivity index (χ1v) is 12.6. The van der Waals surface area contributed by atoms with Crippen molar-refractivity contribution < 1.29 is 18.7 Å². The zero-order chi connectivity index (χ0) is 25.7. The minimum absolute atomic E-state index is 0.112. The average Bonchev–Trinajstić information content (AvgIpc) is 2.89. The number of aryl methyl sites for hydroxylation is 1. The summed E-state index contributed by atoms with van der Waals surface area (Å²) in [5, 5.41) is 2.85. The number of halogens is 1. The normalized spacial score (nSPS) is 15.7. The lowest BCUT2D eigenvalue weighted by atomic mass is 9.87. The molecule has 0 bridgehead atoms. The Bertz CT molecular complexity index is 1230. The third-order valence-corrected chi connectivity index (χ3v) is 6.66. The van der Waals surface area contributed by atoms with Crippen LogP contribution in [0.2, 0.25) is 0 Å². The lowest BCUT2D eigenvalue weighted by molar-refractivity contribution is -0.133. The van der Waals surface area contributed by atoms with Crippen LogP contribution >= 0.6 is 0 Å². The summed E-state index contributed by atoms with van der Waals surface area (Å²) in [6, 6.07) is 20.1. The van der Waals surface area contributed by atoms with Gasteiger partial charge in [0.1, 0.15) is 11.6 Å². The van der Waals surface area contributed by atoms with Gasteiger partial charge in [0.05, 0.1) is 6.04 Å². The molecule has 36 heavy (non-hydrogen) atoms. The number of carbonyl (C=O) groups excluding carboxylic acids is 2. The second kappa shape index (κ2) is 11.4. The molecule has 3 aromatic carbocycles. The van der Waals surface area contributed by atoms with Gasteiger partial charge in [-0.3, -0.25) is 9.59 Å². The highest BCUT2D eigenvalue weighted by molar-refractivity contribution is 5.81. The van der Waals surface area contributed by atoms with Gasteiger partial charge in [-0.2, -0.15) is 0 Å². The number of hydrogen-bond donors (Lipinski definition) is 1. The third-order valence-electron chi connectivity index (χ3n) is 6.66. The number of amides is 2. The molecule has 1 aliphatic rings. The second-order valence-electron chi connectivity index (χ2n) is 9.23. The molecule has 1 N–H and O–H groups in total. The van der Waals surface area contributed by atoms with E-state index in [1.54, 1.807) is 12.1 Å². The lowest BCUT2D eigenvalue weighted by Gasteiger charge is -2.38. The highest BCUT2D eigenvalue weighted by Gasteiger charge is 2.32. The molecule has 5 nitrogen and oxygen atoms in total. The number of benzene rings is 3. The molecule has 188 valence electrons. The fourth-order valence-corrected chi connectivity index (χ4v) is 4.68. The van der Waals surface area contributed by atoms with Gasteiger partial charge in [-0.25, -0.2) is 4.39 Å². The molecule has 0 saturated heterocycles. The predicted molar refractivity (Wildman–Crippen MR) is 138 cm³/mol.